The standard InChI is InChI=1S/C19H24FN3O2/c1-19(2)10-14(8-9-25-19)18(24)23(3)12-15-11-21-22-17(15)13-4-6-16(20)7-5-13/h4-7,11,14H,8-10,12H2,1-3H3,(H,21,22)/t14-/m1/s1. The second-order valence-corrected chi connectivity index (χ2v) is 7.27. The van der Waals surface area contributed by atoms with Crippen LogP contribution in [0.3, 0.4) is 0 Å². The number of hydrogen-bond donors (Lipinski definition) is 1. The van der Waals surface area contributed by atoms with Gasteiger partial charge < -0.3 is 9.64 Å². The lowest BCUT2D eigenvalue weighted by molar-refractivity contribution is -0.144. The third-order valence-electron chi connectivity index (χ3n) is 4.68. The van der Waals surface area contributed by atoms with Gasteiger partial charge in [0.2, 0.25) is 5.91 Å². The number of hydrogen-bond acceptors (Lipinski definition) is 3. The molecule has 3 rings (SSSR count). The number of aromatic nitrogens is 2. The van der Waals surface area contributed by atoms with E-state index in [2.05, 4.69) is 10.2 Å². The predicted octanol–water partition coefficient (Wildman–Crippen LogP) is 3.38. The normalized spacial score (nSPS) is 19.6. The highest BCUT2D eigenvalue weighted by atomic mass is 19.1. The van der Waals surface area contributed by atoms with E-state index >= 15 is 0 Å². The van der Waals surface area contributed by atoms with Gasteiger partial charge in [0.05, 0.1) is 17.5 Å². The lowest BCUT2D eigenvalue weighted by atomic mass is 9.87. The Balaban J connectivity index is 1.71. The minimum Gasteiger partial charge on any atom is -0.376 e. The average molecular weight is 345 g/mol. The number of carbonyl (C=O) groups is 1. The van der Waals surface area contributed by atoms with Crippen molar-refractivity contribution in [1.82, 2.24) is 15.1 Å². The predicted molar refractivity (Wildman–Crippen MR) is 93.2 cm³/mol. The molecule has 0 bridgehead atoms. The van der Waals surface area contributed by atoms with E-state index in [1.165, 1.54) is 12.1 Å². The number of nitrogens with zero attached hydrogens (tertiary/aromatic N) is 2. The molecular formula is C19H24FN3O2. The van der Waals surface area contributed by atoms with Gasteiger partial charge in [0.15, 0.2) is 0 Å². The van der Waals surface area contributed by atoms with Gasteiger partial charge >= 0.3 is 0 Å². The van der Waals surface area contributed by atoms with Crippen LogP contribution < -0.4 is 0 Å². The second kappa shape index (κ2) is 6.96. The van der Waals surface area contributed by atoms with Gasteiger partial charge in [-0.1, -0.05) is 0 Å². The van der Waals surface area contributed by atoms with E-state index in [1.54, 1.807) is 23.2 Å². The van der Waals surface area contributed by atoms with Gasteiger partial charge in [-0.25, -0.2) is 4.39 Å². The smallest absolute Gasteiger partial charge is 0.225 e. The van der Waals surface area contributed by atoms with Crippen LogP contribution in [0.15, 0.2) is 30.5 Å². The Morgan fingerprint density at radius 1 is 1.40 bits per heavy atom. The quantitative estimate of drug-likeness (QED) is 0.924. The van der Waals surface area contributed by atoms with E-state index in [-0.39, 0.29) is 23.2 Å². The van der Waals surface area contributed by atoms with Gasteiger partial charge in [0.25, 0.3) is 0 Å². The minimum atomic E-state index is -0.278. The maximum Gasteiger partial charge on any atom is 0.225 e. The Bertz CT molecular complexity index is 739. The fourth-order valence-corrected chi connectivity index (χ4v) is 3.39. The summed E-state index contributed by atoms with van der Waals surface area (Å²) in [5.74, 6) is -0.170. The molecule has 1 N–H and O–H groups in total. The van der Waals surface area contributed by atoms with Crippen molar-refractivity contribution < 1.29 is 13.9 Å². The van der Waals surface area contributed by atoms with Crippen LogP contribution in [-0.2, 0) is 16.1 Å². The minimum absolute atomic E-state index is 0.0186. The Kier molecular flexibility index (Phi) is 4.90. The fraction of sp³-hybridized carbons (Fsp3) is 0.474. The largest absolute Gasteiger partial charge is 0.376 e. The molecule has 6 heteroatoms. The van der Waals surface area contributed by atoms with E-state index in [0.717, 1.165) is 29.7 Å². The summed E-state index contributed by atoms with van der Waals surface area (Å²) in [6, 6.07) is 6.24. The fourth-order valence-electron chi connectivity index (χ4n) is 3.39. The molecule has 134 valence electrons. The molecule has 0 spiro atoms. The molecule has 0 unspecified atom stereocenters. The number of amides is 1. The summed E-state index contributed by atoms with van der Waals surface area (Å²) in [5, 5.41) is 7.04. The van der Waals surface area contributed by atoms with Crippen LogP contribution in [0, 0.1) is 11.7 Å². The van der Waals surface area contributed by atoms with Crippen LogP contribution in [0.4, 0.5) is 4.39 Å². The number of halogens is 1. The van der Waals surface area contributed by atoms with E-state index < -0.39 is 0 Å². The molecule has 5 nitrogen and oxygen atoms in total. The molecule has 1 amide bonds. The molecule has 1 aromatic carbocycles. The number of ether oxygens (including phenoxy) is 1. The molecule has 2 aromatic rings. The molecule has 1 atom stereocenters. The van der Waals surface area contributed by atoms with Crippen molar-refractivity contribution in [3.05, 3.63) is 41.8 Å². The third-order valence-corrected chi connectivity index (χ3v) is 4.68. The number of H-pyrrole nitrogens is 1. The summed E-state index contributed by atoms with van der Waals surface area (Å²) in [4.78, 5) is 14.5. The van der Waals surface area contributed by atoms with Crippen LogP contribution in [0.2, 0.25) is 0 Å². The molecule has 2 heterocycles. The average Bonchev–Trinajstić information content (AvgIpc) is 3.02. The maximum absolute atomic E-state index is 13.1. The molecule has 0 radical (unpaired) electrons. The van der Waals surface area contributed by atoms with E-state index in [4.69, 9.17) is 4.74 Å². The summed E-state index contributed by atoms with van der Waals surface area (Å²) in [7, 11) is 1.81. The molecule has 0 aliphatic carbocycles. The van der Waals surface area contributed by atoms with Gasteiger partial charge in [-0.3, -0.25) is 9.89 Å². The molecule has 25 heavy (non-hydrogen) atoms. The SMILES string of the molecule is CN(Cc1cn[nH]c1-c1ccc(F)cc1)C(=O)[C@@H]1CCOC(C)(C)C1. The highest BCUT2D eigenvalue weighted by molar-refractivity contribution is 5.79. The van der Waals surface area contributed by atoms with Gasteiger partial charge in [0, 0.05) is 37.2 Å². The maximum atomic E-state index is 13.1. The van der Waals surface area contributed by atoms with Gasteiger partial charge in [-0.15, -0.1) is 0 Å². The van der Waals surface area contributed by atoms with Crippen LogP contribution in [0.5, 0.6) is 0 Å². The zero-order chi connectivity index (χ0) is 18.0. The van der Waals surface area contributed by atoms with E-state index in [9.17, 15) is 9.18 Å². The van der Waals surface area contributed by atoms with Crippen LogP contribution in [0.1, 0.15) is 32.3 Å². The third kappa shape index (κ3) is 4.07. The highest BCUT2D eigenvalue weighted by Gasteiger charge is 2.34. The Morgan fingerprint density at radius 2 is 2.12 bits per heavy atom. The summed E-state index contributed by atoms with van der Waals surface area (Å²) in [6.07, 6.45) is 3.20. The number of rotatable bonds is 4. The highest BCUT2D eigenvalue weighted by Crippen LogP contribution is 2.30. The van der Waals surface area contributed by atoms with Crippen molar-refractivity contribution in [2.45, 2.75) is 38.8 Å². The van der Waals surface area contributed by atoms with Crippen LogP contribution in [-0.4, -0.2) is 40.3 Å². The molecule has 1 fully saturated rings. The second-order valence-electron chi connectivity index (χ2n) is 7.27. The zero-order valence-corrected chi connectivity index (χ0v) is 14.9. The van der Waals surface area contributed by atoms with Gasteiger partial charge in [-0.05, 0) is 51.0 Å². The van der Waals surface area contributed by atoms with Gasteiger partial charge in [0.1, 0.15) is 5.82 Å². The number of benzene rings is 1. The Hall–Kier alpha value is -2.21. The molecule has 1 aliphatic heterocycles. The summed E-state index contributed by atoms with van der Waals surface area (Å²) < 4.78 is 18.8. The number of nitrogens with one attached hydrogen (secondary N) is 1. The topological polar surface area (TPSA) is 58.2 Å². The van der Waals surface area contributed by atoms with E-state index in [0.29, 0.717) is 13.2 Å². The van der Waals surface area contributed by atoms with Crippen molar-refractivity contribution in [2.24, 2.45) is 5.92 Å². The lowest BCUT2D eigenvalue weighted by Crippen LogP contribution is -2.41. The zero-order valence-electron chi connectivity index (χ0n) is 14.9. The van der Waals surface area contributed by atoms with Crippen LogP contribution in [0.25, 0.3) is 11.3 Å². The molecular weight excluding hydrogens is 321 g/mol. The first kappa shape index (κ1) is 17.6. The first-order valence-electron chi connectivity index (χ1n) is 8.53. The van der Waals surface area contributed by atoms with Gasteiger partial charge in [-0.2, -0.15) is 5.10 Å². The molecule has 1 saturated heterocycles. The molecule has 1 aromatic heterocycles. The first-order chi connectivity index (χ1) is 11.9. The van der Waals surface area contributed by atoms with Crippen LogP contribution >= 0.6 is 0 Å². The van der Waals surface area contributed by atoms with Crippen molar-refractivity contribution in [3.63, 3.8) is 0 Å². The summed E-state index contributed by atoms with van der Waals surface area (Å²) >= 11 is 0. The van der Waals surface area contributed by atoms with Crippen molar-refractivity contribution in [3.8, 4) is 11.3 Å². The van der Waals surface area contributed by atoms with Crippen molar-refractivity contribution >= 4 is 5.91 Å². The van der Waals surface area contributed by atoms with E-state index in [1.807, 2.05) is 20.9 Å². The summed E-state index contributed by atoms with van der Waals surface area (Å²) in [5.41, 5.74) is 2.32. The molecule has 0 saturated carbocycles. The number of carbonyl (C=O) groups excluding carboxylic acids is 1. The lowest BCUT2D eigenvalue weighted by Gasteiger charge is -2.36. The monoisotopic (exact) mass is 345 g/mol. The summed E-state index contributed by atoms with van der Waals surface area (Å²) in [6.45, 7) is 5.12. The first-order valence-corrected chi connectivity index (χ1v) is 8.53. The molecule has 1 aliphatic rings. The van der Waals surface area contributed by atoms with Crippen molar-refractivity contribution in [2.75, 3.05) is 13.7 Å². The Labute approximate surface area is 147 Å². The van der Waals surface area contributed by atoms with Crippen molar-refractivity contribution in [1.29, 1.82) is 0 Å². The number of aromatic amines is 1. The Morgan fingerprint density at radius 3 is 2.80 bits per heavy atom.